The molecule has 10 heteroatoms. The molecule has 1 aliphatic heterocycles. The van der Waals surface area contributed by atoms with Crippen molar-refractivity contribution in [2.24, 2.45) is 0 Å². The molecular formula is C34H39FN4O5. The van der Waals surface area contributed by atoms with E-state index in [1.165, 1.54) is 36.2 Å². The molecule has 4 amide bonds. The predicted octanol–water partition coefficient (Wildman–Crippen LogP) is 3.77. The summed E-state index contributed by atoms with van der Waals surface area (Å²) < 4.78 is 19.3. The van der Waals surface area contributed by atoms with Crippen molar-refractivity contribution in [2.75, 3.05) is 20.2 Å². The Bertz CT molecular complexity index is 1420. The van der Waals surface area contributed by atoms with E-state index in [9.17, 15) is 23.6 Å². The van der Waals surface area contributed by atoms with Crippen LogP contribution in [0.3, 0.4) is 0 Å². The number of benzene rings is 3. The molecule has 1 aliphatic rings. The number of ether oxygens (including phenoxy) is 1. The first kappa shape index (κ1) is 32.2. The van der Waals surface area contributed by atoms with Gasteiger partial charge >= 0.3 is 0 Å². The van der Waals surface area contributed by atoms with Crippen LogP contribution in [-0.2, 0) is 27.3 Å². The van der Waals surface area contributed by atoms with Crippen LogP contribution in [-0.4, -0.2) is 60.8 Å². The fraction of sp³-hybridized carbons (Fsp3) is 0.353. The maximum absolute atomic E-state index is 13.7. The van der Waals surface area contributed by atoms with Crippen LogP contribution in [0.15, 0.2) is 78.9 Å². The lowest BCUT2D eigenvalue weighted by atomic mass is 10.0. The summed E-state index contributed by atoms with van der Waals surface area (Å²) in [4.78, 5) is 55.3. The Morgan fingerprint density at radius 2 is 1.61 bits per heavy atom. The highest BCUT2D eigenvalue weighted by atomic mass is 19.1. The fourth-order valence-electron chi connectivity index (χ4n) is 4.97. The highest BCUT2D eigenvalue weighted by Crippen LogP contribution is 2.19. The van der Waals surface area contributed by atoms with Crippen LogP contribution in [0.4, 0.5) is 4.39 Å². The zero-order valence-electron chi connectivity index (χ0n) is 24.9. The fourth-order valence-corrected chi connectivity index (χ4v) is 4.97. The molecule has 0 fully saturated rings. The van der Waals surface area contributed by atoms with Gasteiger partial charge in [0, 0.05) is 26.6 Å². The molecule has 9 nitrogen and oxygen atoms in total. The van der Waals surface area contributed by atoms with E-state index < -0.39 is 35.6 Å². The van der Waals surface area contributed by atoms with Gasteiger partial charge in [-0.3, -0.25) is 19.2 Å². The molecule has 0 saturated carbocycles. The second-order valence-corrected chi connectivity index (χ2v) is 10.8. The van der Waals surface area contributed by atoms with Crippen LogP contribution in [0.5, 0.6) is 5.75 Å². The standard InChI is InChI=1S/C34H39FN4O5/c1-39-29(21-24-11-5-4-6-12-24)34(43)36-19-9-2-3-10-20-44-30-14-8-7-13-27(30)32(41)38-28(22-31(39)40)33(42)37-23-25-15-17-26(35)18-16-25/h4-8,11-18,28-29H,2-3,9-10,19-23H2,1H3,(H,36,43)(H,37,42)(H,38,41)/t28-,29-/m0/s1. The van der Waals surface area contributed by atoms with E-state index in [1.54, 1.807) is 24.3 Å². The Morgan fingerprint density at radius 1 is 0.909 bits per heavy atom. The van der Waals surface area contributed by atoms with Crippen LogP contribution in [0, 0.1) is 5.82 Å². The summed E-state index contributed by atoms with van der Waals surface area (Å²) in [6, 6.07) is 19.7. The van der Waals surface area contributed by atoms with Crippen molar-refractivity contribution in [2.45, 2.75) is 57.2 Å². The van der Waals surface area contributed by atoms with E-state index in [1.807, 2.05) is 30.3 Å². The zero-order valence-corrected chi connectivity index (χ0v) is 24.9. The van der Waals surface area contributed by atoms with Crippen molar-refractivity contribution in [3.8, 4) is 5.75 Å². The van der Waals surface area contributed by atoms with Crippen LogP contribution in [0.1, 0.15) is 53.6 Å². The molecule has 0 radical (unpaired) electrons. The molecule has 3 aromatic carbocycles. The third-order valence-corrected chi connectivity index (χ3v) is 7.58. The number of nitrogens with zero attached hydrogens (tertiary/aromatic N) is 1. The lowest BCUT2D eigenvalue weighted by molar-refractivity contribution is -0.140. The van der Waals surface area contributed by atoms with Gasteiger partial charge in [0.05, 0.1) is 18.6 Å². The molecule has 1 heterocycles. The molecule has 0 aliphatic carbocycles. The van der Waals surface area contributed by atoms with E-state index in [0.29, 0.717) is 24.5 Å². The van der Waals surface area contributed by atoms with Crippen molar-refractivity contribution < 1.29 is 28.3 Å². The number of halogens is 1. The number of carbonyl (C=O) groups is 4. The van der Waals surface area contributed by atoms with Crippen LogP contribution >= 0.6 is 0 Å². The Labute approximate surface area is 257 Å². The first-order valence-electron chi connectivity index (χ1n) is 14.9. The van der Waals surface area contributed by atoms with Crippen molar-refractivity contribution in [1.82, 2.24) is 20.9 Å². The molecule has 0 aromatic heterocycles. The summed E-state index contributed by atoms with van der Waals surface area (Å²) in [6.07, 6.45) is 3.21. The quantitative estimate of drug-likeness (QED) is 0.411. The number of rotatable bonds is 5. The molecule has 3 N–H and O–H groups in total. The maximum atomic E-state index is 13.7. The molecule has 232 valence electrons. The van der Waals surface area contributed by atoms with Gasteiger partial charge in [0.1, 0.15) is 23.7 Å². The number of amides is 4. The van der Waals surface area contributed by atoms with Crippen molar-refractivity contribution in [3.05, 3.63) is 101 Å². The second kappa shape index (κ2) is 16.2. The third kappa shape index (κ3) is 9.39. The van der Waals surface area contributed by atoms with Gasteiger partial charge in [-0.25, -0.2) is 4.39 Å². The minimum atomic E-state index is -1.26. The highest BCUT2D eigenvalue weighted by molar-refractivity contribution is 6.01. The topological polar surface area (TPSA) is 117 Å². The number of carbonyl (C=O) groups excluding carboxylic acids is 4. The third-order valence-electron chi connectivity index (χ3n) is 7.58. The van der Waals surface area contributed by atoms with Crippen LogP contribution in [0.25, 0.3) is 0 Å². The minimum Gasteiger partial charge on any atom is -0.493 e. The van der Waals surface area contributed by atoms with Crippen LogP contribution in [0.2, 0.25) is 0 Å². The summed E-state index contributed by atoms with van der Waals surface area (Å²) in [7, 11) is 1.53. The van der Waals surface area contributed by atoms with E-state index in [-0.39, 0.29) is 30.9 Å². The lowest BCUT2D eigenvalue weighted by Gasteiger charge is -2.29. The highest BCUT2D eigenvalue weighted by Gasteiger charge is 2.32. The van der Waals surface area contributed by atoms with E-state index in [0.717, 1.165) is 31.2 Å². The van der Waals surface area contributed by atoms with Gasteiger partial charge in [0.2, 0.25) is 17.7 Å². The van der Waals surface area contributed by atoms with E-state index in [4.69, 9.17) is 4.74 Å². The van der Waals surface area contributed by atoms with Gasteiger partial charge in [0.25, 0.3) is 5.91 Å². The molecule has 2 atom stereocenters. The average Bonchev–Trinajstić information content (AvgIpc) is 3.03. The molecule has 0 saturated heterocycles. The summed E-state index contributed by atoms with van der Waals surface area (Å²) in [6.45, 7) is 0.940. The van der Waals surface area contributed by atoms with Gasteiger partial charge < -0.3 is 25.6 Å². The molecule has 0 unspecified atom stereocenters. The number of likely N-dealkylation sites (N-methyl/N-ethyl adjacent to an activating group) is 1. The van der Waals surface area contributed by atoms with Crippen molar-refractivity contribution >= 4 is 23.6 Å². The molecule has 44 heavy (non-hydrogen) atoms. The average molecular weight is 603 g/mol. The Kier molecular flexibility index (Phi) is 11.9. The summed E-state index contributed by atoms with van der Waals surface area (Å²) >= 11 is 0. The minimum absolute atomic E-state index is 0.0637. The largest absolute Gasteiger partial charge is 0.493 e. The summed E-state index contributed by atoms with van der Waals surface area (Å²) in [5, 5.41) is 8.41. The van der Waals surface area contributed by atoms with Gasteiger partial charge in [-0.1, -0.05) is 67.4 Å². The SMILES string of the molecule is CN1C(=O)C[C@@H](C(=O)NCc2ccc(F)cc2)NC(=O)c2ccccc2OCCCCCCNC(=O)[C@@H]1Cc1ccccc1. The summed E-state index contributed by atoms with van der Waals surface area (Å²) in [5.74, 6) is -1.97. The van der Waals surface area contributed by atoms with Gasteiger partial charge in [-0.05, 0) is 48.2 Å². The Balaban J connectivity index is 1.59. The number of para-hydroxylation sites is 1. The first-order valence-corrected chi connectivity index (χ1v) is 14.9. The number of nitrogens with one attached hydrogen (secondary N) is 3. The molecule has 4 rings (SSSR count). The number of fused-ring (bicyclic) bond motifs is 1. The smallest absolute Gasteiger partial charge is 0.255 e. The summed E-state index contributed by atoms with van der Waals surface area (Å²) in [5.41, 5.74) is 1.77. The van der Waals surface area contributed by atoms with E-state index in [2.05, 4.69) is 16.0 Å². The monoisotopic (exact) mass is 602 g/mol. The Morgan fingerprint density at radius 3 is 2.39 bits per heavy atom. The molecular weight excluding hydrogens is 563 g/mol. The van der Waals surface area contributed by atoms with Gasteiger partial charge in [-0.2, -0.15) is 0 Å². The molecule has 0 spiro atoms. The molecule has 0 bridgehead atoms. The second-order valence-electron chi connectivity index (χ2n) is 10.8. The number of hydrogen-bond acceptors (Lipinski definition) is 5. The maximum Gasteiger partial charge on any atom is 0.255 e. The number of hydrogen-bond donors (Lipinski definition) is 3. The Hall–Kier alpha value is -4.73. The lowest BCUT2D eigenvalue weighted by Crippen LogP contribution is -2.53. The van der Waals surface area contributed by atoms with E-state index >= 15 is 0 Å². The van der Waals surface area contributed by atoms with Gasteiger partial charge in [-0.15, -0.1) is 0 Å². The van der Waals surface area contributed by atoms with Crippen LogP contribution < -0.4 is 20.7 Å². The zero-order chi connectivity index (χ0) is 31.3. The predicted molar refractivity (Wildman–Crippen MR) is 164 cm³/mol. The van der Waals surface area contributed by atoms with Gasteiger partial charge in [0.15, 0.2) is 0 Å². The normalized spacial score (nSPS) is 19.0. The van der Waals surface area contributed by atoms with Crippen molar-refractivity contribution in [1.29, 1.82) is 0 Å². The van der Waals surface area contributed by atoms with Crippen molar-refractivity contribution in [3.63, 3.8) is 0 Å². The molecule has 3 aromatic rings. The first-order chi connectivity index (χ1) is 21.3.